The average Bonchev–Trinajstić information content (AvgIpc) is 2.53. The molecule has 1 unspecified atom stereocenters. The van der Waals surface area contributed by atoms with Gasteiger partial charge in [0, 0.05) is 24.7 Å². The van der Waals surface area contributed by atoms with Gasteiger partial charge >= 0.3 is 0 Å². The smallest absolute Gasteiger partial charge is 0.241 e. The summed E-state index contributed by atoms with van der Waals surface area (Å²) in [6.07, 6.45) is 1.76. The maximum atomic E-state index is 12.7. The van der Waals surface area contributed by atoms with Crippen LogP contribution in [-0.4, -0.2) is 47.1 Å². The van der Waals surface area contributed by atoms with E-state index in [9.17, 15) is 4.79 Å². The first-order valence-electron chi connectivity index (χ1n) is 7.99. The summed E-state index contributed by atoms with van der Waals surface area (Å²) in [7, 11) is 0. The van der Waals surface area contributed by atoms with Crippen LogP contribution < -0.4 is 5.32 Å². The third-order valence-electron chi connectivity index (χ3n) is 4.29. The number of fused-ring (bicyclic) bond motifs is 1. The molecule has 0 saturated carbocycles. The van der Waals surface area contributed by atoms with Gasteiger partial charge in [0.2, 0.25) is 5.91 Å². The molecule has 1 aromatic heterocycles. The van der Waals surface area contributed by atoms with Gasteiger partial charge in [-0.1, -0.05) is 6.07 Å². The Labute approximate surface area is 136 Å². The fourth-order valence-electron chi connectivity index (χ4n) is 3.00. The number of anilines is 1. The van der Waals surface area contributed by atoms with Crippen LogP contribution in [0.3, 0.4) is 0 Å². The third-order valence-corrected chi connectivity index (χ3v) is 4.29. The molecular weight excluding hydrogens is 290 g/mol. The summed E-state index contributed by atoms with van der Waals surface area (Å²) < 4.78 is 5.72. The lowest BCUT2D eigenvalue weighted by Crippen LogP contribution is -2.54. The Hall–Kier alpha value is -1.98. The molecular formula is C18H23N3O2. The molecule has 1 aliphatic rings. The lowest BCUT2D eigenvalue weighted by molar-refractivity contribution is -0.129. The summed E-state index contributed by atoms with van der Waals surface area (Å²) in [6, 6.07) is 9.42. The lowest BCUT2D eigenvalue weighted by Gasteiger charge is -2.40. The zero-order valence-corrected chi connectivity index (χ0v) is 13.9. The van der Waals surface area contributed by atoms with Gasteiger partial charge in [-0.2, -0.15) is 0 Å². The van der Waals surface area contributed by atoms with E-state index in [4.69, 9.17) is 4.74 Å². The number of morpholine rings is 1. The highest BCUT2D eigenvalue weighted by Gasteiger charge is 2.32. The normalized spacial score (nSPS) is 19.4. The quantitative estimate of drug-likeness (QED) is 0.946. The van der Waals surface area contributed by atoms with Gasteiger partial charge in [0.25, 0.3) is 0 Å². The monoisotopic (exact) mass is 313 g/mol. The van der Waals surface area contributed by atoms with Crippen molar-refractivity contribution < 1.29 is 9.53 Å². The number of hydrogen-bond donors (Lipinski definition) is 1. The molecule has 5 heteroatoms. The highest BCUT2D eigenvalue weighted by Crippen LogP contribution is 2.23. The first-order chi connectivity index (χ1) is 11.0. The Balaban J connectivity index is 1.75. The van der Waals surface area contributed by atoms with Gasteiger partial charge in [-0.25, -0.2) is 0 Å². The first kappa shape index (κ1) is 15.9. The Morgan fingerprint density at radius 2 is 2.17 bits per heavy atom. The van der Waals surface area contributed by atoms with Crippen LogP contribution in [0.4, 0.5) is 5.69 Å². The zero-order valence-electron chi connectivity index (χ0n) is 13.9. The predicted molar refractivity (Wildman–Crippen MR) is 91.4 cm³/mol. The molecule has 0 bridgehead atoms. The van der Waals surface area contributed by atoms with Crippen LogP contribution in [0, 0.1) is 0 Å². The zero-order chi connectivity index (χ0) is 16.4. The summed E-state index contributed by atoms with van der Waals surface area (Å²) in [5.41, 5.74) is 1.47. The van der Waals surface area contributed by atoms with E-state index in [0.29, 0.717) is 6.61 Å². The molecule has 1 aromatic carbocycles. The summed E-state index contributed by atoms with van der Waals surface area (Å²) in [5.74, 6) is -0.000877. The topological polar surface area (TPSA) is 54.5 Å². The second kappa shape index (κ2) is 6.26. The van der Waals surface area contributed by atoms with Crippen LogP contribution >= 0.6 is 0 Å². The van der Waals surface area contributed by atoms with Crippen LogP contribution in [0.1, 0.15) is 20.8 Å². The Morgan fingerprint density at radius 3 is 2.96 bits per heavy atom. The van der Waals surface area contributed by atoms with Crippen LogP contribution in [0.5, 0.6) is 0 Å². The molecule has 23 heavy (non-hydrogen) atoms. The molecule has 1 N–H and O–H groups in total. The number of carbonyl (C=O) groups is 1. The van der Waals surface area contributed by atoms with Crippen molar-refractivity contribution in [2.75, 3.05) is 25.0 Å². The van der Waals surface area contributed by atoms with Gasteiger partial charge in [0.05, 0.1) is 29.5 Å². The van der Waals surface area contributed by atoms with Crippen LogP contribution in [-0.2, 0) is 9.53 Å². The van der Waals surface area contributed by atoms with Gasteiger partial charge in [-0.05, 0) is 45.0 Å². The number of nitrogens with zero attached hydrogens (tertiary/aromatic N) is 2. The molecule has 1 amide bonds. The van der Waals surface area contributed by atoms with Crippen molar-refractivity contribution in [1.29, 1.82) is 0 Å². The van der Waals surface area contributed by atoms with E-state index in [1.54, 1.807) is 6.20 Å². The second-order valence-corrected chi connectivity index (χ2v) is 6.62. The number of carbonyl (C=O) groups excluding carboxylic acids is 1. The second-order valence-electron chi connectivity index (χ2n) is 6.62. The SMILES string of the molecule is CC(C(=O)Nc1cccc2ncccc12)N1CCOC(C)(C)C1. The maximum absolute atomic E-state index is 12.7. The van der Waals surface area contributed by atoms with Gasteiger partial charge in [0.15, 0.2) is 0 Å². The van der Waals surface area contributed by atoms with Crippen molar-refractivity contribution in [2.24, 2.45) is 0 Å². The van der Waals surface area contributed by atoms with Crippen molar-refractivity contribution >= 4 is 22.5 Å². The van der Waals surface area contributed by atoms with Gasteiger partial charge in [-0.15, -0.1) is 0 Å². The summed E-state index contributed by atoms with van der Waals surface area (Å²) >= 11 is 0. The number of pyridine rings is 1. The molecule has 3 rings (SSSR count). The molecule has 1 fully saturated rings. The summed E-state index contributed by atoms with van der Waals surface area (Å²) in [6.45, 7) is 8.23. The number of benzene rings is 1. The van der Waals surface area contributed by atoms with E-state index in [1.807, 2.05) is 37.3 Å². The van der Waals surface area contributed by atoms with Crippen LogP contribution in [0.2, 0.25) is 0 Å². The molecule has 1 saturated heterocycles. The number of rotatable bonds is 3. The molecule has 0 radical (unpaired) electrons. The van der Waals surface area contributed by atoms with E-state index in [0.717, 1.165) is 29.7 Å². The van der Waals surface area contributed by atoms with E-state index in [1.165, 1.54) is 0 Å². The molecule has 0 spiro atoms. The molecule has 2 aromatic rings. The van der Waals surface area contributed by atoms with Gasteiger partial charge < -0.3 is 10.1 Å². The van der Waals surface area contributed by atoms with E-state index in [-0.39, 0.29) is 17.6 Å². The van der Waals surface area contributed by atoms with Gasteiger partial charge in [0.1, 0.15) is 0 Å². The lowest BCUT2D eigenvalue weighted by atomic mass is 10.1. The number of amides is 1. The van der Waals surface area contributed by atoms with Crippen molar-refractivity contribution in [3.63, 3.8) is 0 Å². The first-order valence-corrected chi connectivity index (χ1v) is 7.99. The Bertz CT molecular complexity index is 709. The van der Waals surface area contributed by atoms with Gasteiger partial charge in [-0.3, -0.25) is 14.7 Å². The van der Waals surface area contributed by atoms with Crippen molar-refractivity contribution in [1.82, 2.24) is 9.88 Å². The Morgan fingerprint density at radius 1 is 1.35 bits per heavy atom. The molecule has 5 nitrogen and oxygen atoms in total. The standard InChI is InChI=1S/C18H23N3O2/c1-13(21-10-11-23-18(2,3)12-21)17(22)20-16-8-4-7-15-14(16)6-5-9-19-15/h4-9,13H,10-12H2,1-3H3,(H,20,22). The minimum atomic E-state index is -0.212. The molecule has 1 aliphatic heterocycles. The molecule has 1 atom stereocenters. The summed E-state index contributed by atoms with van der Waals surface area (Å²) in [5, 5.41) is 4.00. The minimum absolute atomic E-state index is 0.000877. The Kier molecular flexibility index (Phi) is 4.33. The van der Waals surface area contributed by atoms with Crippen LogP contribution in [0.15, 0.2) is 36.5 Å². The van der Waals surface area contributed by atoms with Crippen molar-refractivity contribution in [3.8, 4) is 0 Å². The number of hydrogen-bond acceptors (Lipinski definition) is 4. The van der Waals surface area contributed by atoms with Crippen molar-refractivity contribution in [2.45, 2.75) is 32.4 Å². The van der Waals surface area contributed by atoms with E-state index < -0.39 is 0 Å². The number of ether oxygens (including phenoxy) is 1. The number of aromatic nitrogens is 1. The maximum Gasteiger partial charge on any atom is 0.241 e. The van der Waals surface area contributed by atoms with E-state index >= 15 is 0 Å². The molecule has 0 aliphatic carbocycles. The molecule has 2 heterocycles. The highest BCUT2D eigenvalue weighted by atomic mass is 16.5. The average molecular weight is 313 g/mol. The third kappa shape index (κ3) is 3.51. The molecule has 122 valence electrons. The minimum Gasteiger partial charge on any atom is -0.373 e. The fraction of sp³-hybridized carbons (Fsp3) is 0.444. The fourth-order valence-corrected chi connectivity index (χ4v) is 3.00. The van der Waals surface area contributed by atoms with E-state index in [2.05, 4.69) is 29.0 Å². The number of nitrogens with one attached hydrogen (secondary N) is 1. The highest BCUT2D eigenvalue weighted by molar-refractivity contribution is 6.02. The van der Waals surface area contributed by atoms with Crippen LogP contribution in [0.25, 0.3) is 10.9 Å². The largest absolute Gasteiger partial charge is 0.373 e. The van der Waals surface area contributed by atoms with Crippen molar-refractivity contribution in [3.05, 3.63) is 36.5 Å². The predicted octanol–water partition coefficient (Wildman–Crippen LogP) is 2.67. The summed E-state index contributed by atoms with van der Waals surface area (Å²) in [4.78, 5) is 19.1.